The molecule has 0 bridgehead atoms. The van der Waals surface area contributed by atoms with E-state index in [4.69, 9.17) is 5.73 Å². The zero-order chi connectivity index (χ0) is 19.8. The molecule has 1 fully saturated rings. The maximum absolute atomic E-state index is 11.2. The zero-order valence-corrected chi connectivity index (χ0v) is 17.7. The lowest BCUT2D eigenvalue weighted by Gasteiger charge is -2.32. The van der Waals surface area contributed by atoms with Gasteiger partial charge < -0.3 is 5.73 Å². The van der Waals surface area contributed by atoms with Crippen molar-refractivity contribution in [3.05, 3.63) is 69.8 Å². The number of halogens is 1. The van der Waals surface area contributed by atoms with E-state index in [9.17, 15) is 4.79 Å². The summed E-state index contributed by atoms with van der Waals surface area (Å²) in [5, 5.41) is 0. The summed E-state index contributed by atoms with van der Waals surface area (Å²) >= 11 is 3.53. The van der Waals surface area contributed by atoms with Crippen LogP contribution in [0.2, 0.25) is 0 Å². The van der Waals surface area contributed by atoms with Gasteiger partial charge in [0.05, 0.1) is 0 Å². The Morgan fingerprint density at radius 2 is 1.96 bits per heavy atom. The molecule has 0 radical (unpaired) electrons. The number of nitrogens with two attached hydrogens (primary N) is 1. The lowest BCUT2D eigenvalue weighted by molar-refractivity contribution is 0.100. The van der Waals surface area contributed by atoms with Gasteiger partial charge in [0.15, 0.2) is 0 Å². The van der Waals surface area contributed by atoms with Gasteiger partial charge in [-0.2, -0.15) is 0 Å². The Labute approximate surface area is 170 Å². The van der Waals surface area contributed by atoms with E-state index in [-0.39, 0.29) is 5.91 Å². The molecule has 1 heterocycles. The normalized spacial score (nSPS) is 17.4. The smallest absolute Gasteiger partial charge is 0.248 e. The molecule has 1 amide bonds. The molecule has 2 rings (SSSR count). The number of piperidine rings is 1. The molecule has 27 heavy (non-hydrogen) atoms. The number of rotatable bonds is 7. The second-order valence-electron chi connectivity index (χ2n) is 6.97. The molecule has 1 saturated heterocycles. The van der Waals surface area contributed by atoms with Crippen LogP contribution in [0.3, 0.4) is 0 Å². The quantitative estimate of drug-likeness (QED) is 0.514. The standard InChI is InChI=1S/C22H28BrN3O/c1-16(14-17(2)21(23)8-11-25-3)15-26-12-9-19(10-13-26)18-4-6-20(7-5-18)22(24)27/h4-8,11,14,19H,2,9-10,12-13,15H2,1,3H3,(H2,24,27)/b16-14+,21-8+,25-11?. The SMILES string of the molecule is C=C(/C=C(\C)CN1CCC(c2ccc(C(N)=O)cc2)CC1)/C(Br)=C\C=NC. The summed E-state index contributed by atoms with van der Waals surface area (Å²) in [6.07, 6.45) is 8.03. The number of nitrogens with zero attached hydrogens (tertiary/aromatic N) is 2. The van der Waals surface area contributed by atoms with Gasteiger partial charge in [0.1, 0.15) is 0 Å². The fraction of sp³-hybridized carbons (Fsp3) is 0.364. The molecule has 5 heteroatoms. The number of allylic oxidation sites excluding steroid dienone is 4. The van der Waals surface area contributed by atoms with E-state index < -0.39 is 0 Å². The van der Waals surface area contributed by atoms with Gasteiger partial charge in [-0.15, -0.1) is 0 Å². The molecule has 0 saturated carbocycles. The maximum atomic E-state index is 11.2. The van der Waals surface area contributed by atoms with E-state index in [1.165, 1.54) is 11.1 Å². The Morgan fingerprint density at radius 1 is 1.33 bits per heavy atom. The predicted octanol–water partition coefficient (Wildman–Crippen LogP) is 4.45. The van der Waals surface area contributed by atoms with Crippen LogP contribution in [0.1, 0.15) is 41.6 Å². The molecule has 0 aromatic heterocycles. The van der Waals surface area contributed by atoms with Crippen molar-refractivity contribution in [1.29, 1.82) is 0 Å². The van der Waals surface area contributed by atoms with Crippen LogP contribution in [0, 0.1) is 0 Å². The van der Waals surface area contributed by atoms with Gasteiger partial charge >= 0.3 is 0 Å². The van der Waals surface area contributed by atoms with Gasteiger partial charge in [-0.3, -0.25) is 14.7 Å². The second-order valence-corrected chi connectivity index (χ2v) is 7.83. The summed E-state index contributed by atoms with van der Waals surface area (Å²) in [4.78, 5) is 17.6. The van der Waals surface area contributed by atoms with E-state index in [1.54, 1.807) is 13.3 Å². The van der Waals surface area contributed by atoms with Crippen molar-refractivity contribution in [2.75, 3.05) is 26.7 Å². The Hall–Kier alpha value is -1.98. The number of primary amides is 1. The average Bonchev–Trinajstić information content (AvgIpc) is 2.66. The summed E-state index contributed by atoms with van der Waals surface area (Å²) in [5.74, 6) is 0.177. The monoisotopic (exact) mass is 429 g/mol. The number of benzene rings is 1. The number of amides is 1. The molecule has 0 aliphatic carbocycles. The zero-order valence-electron chi connectivity index (χ0n) is 16.1. The first kappa shape index (κ1) is 21.3. The van der Waals surface area contributed by atoms with Crippen LogP contribution < -0.4 is 5.73 Å². The minimum Gasteiger partial charge on any atom is -0.366 e. The second kappa shape index (κ2) is 10.4. The minimum absolute atomic E-state index is 0.372. The van der Waals surface area contributed by atoms with E-state index in [1.807, 2.05) is 30.3 Å². The van der Waals surface area contributed by atoms with E-state index in [2.05, 4.69) is 45.4 Å². The van der Waals surface area contributed by atoms with Crippen molar-refractivity contribution in [2.45, 2.75) is 25.7 Å². The highest BCUT2D eigenvalue weighted by molar-refractivity contribution is 9.12. The molecular weight excluding hydrogens is 402 g/mol. The molecule has 1 aliphatic heterocycles. The lowest BCUT2D eigenvalue weighted by Crippen LogP contribution is -2.34. The number of carbonyl (C=O) groups excluding carboxylic acids is 1. The number of aliphatic imine (C=N–C) groups is 1. The number of likely N-dealkylation sites (tertiary alicyclic amines) is 1. The van der Waals surface area contributed by atoms with Crippen molar-refractivity contribution >= 4 is 28.1 Å². The van der Waals surface area contributed by atoms with Crippen molar-refractivity contribution in [2.24, 2.45) is 10.7 Å². The van der Waals surface area contributed by atoms with Gasteiger partial charge in [-0.25, -0.2) is 0 Å². The highest BCUT2D eigenvalue weighted by Crippen LogP contribution is 2.28. The van der Waals surface area contributed by atoms with Gasteiger partial charge in [0, 0.05) is 29.9 Å². The van der Waals surface area contributed by atoms with E-state index >= 15 is 0 Å². The van der Waals surface area contributed by atoms with Gasteiger partial charge in [0.2, 0.25) is 5.91 Å². The molecule has 0 unspecified atom stereocenters. The summed E-state index contributed by atoms with van der Waals surface area (Å²) < 4.78 is 0.950. The largest absolute Gasteiger partial charge is 0.366 e. The third-order valence-corrected chi connectivity index (χ3v) is 5.60. The van der Waals surface area contributed by atoms with Crippen molar-refractivity contribution < 1.29 is 4.79 Å². The van der Waals surface area contributed by atoms with Crippen LogP contribution in [0.5, 0.6) is 0 Å². The highest BCUT2D eigenvalue weighted by atomic mass is 79.9. The summed E-state index contributed by atoms with van der Waals surface area (Å²) in [6, 6.07) is 7.74. The van der Waals surface area contributed by atoms with Crippen molar-refractivity contribution in [3.8, 4) is 0 Å². The van der Waals surface area contributed by atoms with Crippen LogP contribution in [0.4, 0.5) is 0 Å². The minimum atomic E-state index is -0.372. The van der Waals surface area contributed by atoms with Gasteiger partial charge in [-0.05, 0) is 68.1 Å². The summed E-state index contributed by atoms with van der Waals surface area (Å²) in [5.41, 5.74) is 9.43. The third-order valence-electron chi connectivity index (χ3n) is 4.82. The van der Waals surface area contributed by atoms with E-state index in [0.29, 0.717) is 11.5 Å². The fourth-order valence-corrected chi connectivity index (χ4v) is 3.59. The average molecular weight is 430 g/mol. The predicted molar refractivity (Wildman–Crippen MR) is 118 cm³/mol. The molecule has 0 spiro atoms. The summed E-state index contributed by atoms with van der Waals surface area (Å²) in [6.45, 7) is 9.34. The Kier molecular flexibility index (Phi) is 8.20. The van der Waals surface area contributed by atoms with Crippen LogP contribution in [0.15, 0.2) is 63.6 Å². The number of hydrogen-bond acceptors (Lipinski definition) is 3. The molecule has 4 nitrogen and oxygen atoms in total. The van der Waals surface area contributed by atoms with E-state index in [0.717, 1.165) is 42.5 Å². The Bertz CT molecular complexity index is 754. The topological polar surface area (TPSA) is 58.7 Å². The number of hydrogen-bond donors (Lipinski definition) is 1. The Balaban J connectivity index is 1.87. The molecule has 1 aromatic carbocycles. The van der Waals surface area contributed by atoms with Crippen molar-refractivity contribution in [3.63, 3.8) is 0 Å². The third kappa shape index (κ3) is 6.60. The van der Waals surface area contributed by atoms with Crippen LogP contribution in [-0.4, -0.2) is 43.7 Å². The first-order valence-corrected chi connectivity index (χ1v) is 9.96. The first-order valence-electron chi connectivity index (χ1n) is 9.17. The van der Waals surface area contributed by atoms with Gasteiger partial charge in [-0.1, -0.05) is 46.3 Å². The molecule has 1 aromatic rings. The molecule has 144 valence electrons. The molecular formula is C22H28BrN3O. The van der Waals surface area contributed by atoms with Crippen LogP contribution in [0.25, 0.3) is 0 Å². The molecule has 1 aliphatic rings. The van der Waals surface area contributed by atoms with Crippen LogP contribution in [-0.2, 0) is 0 Å². The van der Waals surface area contributed by atoms with Crippen LogP contribution >= 0.6 is 15.9 Å². The summed E-state index contributed by atoms with van der Waals surface area (Å²) in [7, 11) is 1.75. The number of carbonyl (C=O) groups is 1. The fourth-order valence-electron chi connectivity index (χ4n) is 3.36. The van der Waals surface area contributed by atoms with Gasteiger partial charge in [0.25, 0.3) is 0 Å². The first-order chi connectivity index (χ1) is 12.9. The maximum Gasteiger partial charge on any atom is 0.248 e. The lowest BCUT2D eigenvalue weighted by atomic mass is 9.89. The highest BCUT2D eigenvalue weighted by Gasteiger charge is 2.20. The Morgan fingerprint density at radius 3 is 2.52 bits per heavy atom. The molecule has 2 N–H and O–H groups in total. The molecule has 0 atom stereocenters. The van der Waals surface area contributed by atoms with Crippen molar-refractivity contribution in [1.82, 2.24) is 4.90 Å².